The van der Waals surface area contributed by atoms with Gasteiger partial charge < -0.3 is 5.11 Å². The lowest BCUT2D eigenvalue weighted by Crippen LogP contribution is -1.98. The Bertz CT molecular complexity index is 873. The van der Waals surface area contributed by atoms with E-state index in [1.165, 1.54) is 24.3 Å². The van der Waals surface area contributed by atoms with Gasteiger partial charge >= 0.3 is 5.97 Å². The van der Waals surface area contributed by atoms with E-state index in [4.69, 9.17) is 16.7 Å². The highest BCUT2D eigenvalue weighted by molar-refractivity contribution is 6.30. The quantitative estimate of drug-likeness (QED) is 0.783. The molecule has 106 valence electrons. The molecule has 0 unspecified atom stereocenters. The van der Waals surface area contributed by atoms with Crippen LogP contribution in [0, 0.1) is 12.7 Å². The molecular weight excluding hydrogens is 295 g/mol. The van der Waals surface area contributed by atoms with Crippen LogP contribution < -0.4 is 0 Å². The van der Waals surface area contributed by atoms with Crippen molar-refractivity contribution in [2.45, 2.75) is 6.92 Å². The molecule has 3 rings (SSSR count). The van der Waals surface area contributed by atoms with Crippen molar-refractivity contribution < 1.29 is 14.3 Å². The van der Waals surface area contributed by atoms with Gasteiger partial charge in [-0.2, -0.15) is 0 Å². The number of benzene rings is 2. The standard InChI is InChI=1S/C15H10ClFN2O2/c1-8-18-13-6-9(15(20)21)2-5-14(13)19(8)10-3-4-11(16)12(17)7-10/h2-7H,1H3,(H,20,21). The van der Waals surface area contributed by atoms with E-state index in [0.717, 1.165) is 0 Å². The zero-order chi connectivity index (χ0) is 15.1. The van der Waals surface area contributed by atoms with Gasteiger partial charge in [-0.25, -0.2) is 14.2 Å². The van der Waals surface area contributed by atoms with Gasteiger partial charge in [0.1, 0.15) is 11.6 Å². The van der Waals surface area contributed by atoms with Gasteiger partial charge in [-0.15, -0.1) is 0 Å². The first-order chi connectivity index (χ1) is 9.97. The number of aromatic nitrogens is 2. The van der Waals surface area contributed by atoms with Crippen molar-refractivity contribution in [3.63, 3.8) is 0 Å². The summed E-state index contributed by atoms with van der Waals surface area (Å²) in [5, 5.41) is 9.06. The molecular formula is C15H10ClFN2O2. The van der Waals surface area contributed by atoms with Crippen LogP contribution in [0.3, 0.4) is 0 Å². The van der Waals surface area contributed by atoms with Crippen LogP contribution in [0.25, 0.3) is 16.7 Å². The Morgan fingerprint density at radius 2 is 2.05 bits per heavy atom. The molecule has 0 radical (unpaired) electrons. The van der Waals surface area contributed by atoms with Crippen LogP contribution in [0.5, 0.6) is 0 Å². The van der Waals surface area contributed by atoms with Crippen LogP contribution in [-0.4, -0.2) is 20.6 Å². The minimum atomic E-state index is -1.01. The summed E-state index contributed by atoms with van der Waals surface area (Å²) < 4.78 is 15.4. The molecule has 1 N–H and O–H groups in total. The third-order valence-electron chi connectivity index (χ3n) is 3.23. The van der Waals surface area contributed by atoms with Crippen LogP contribution in [0.4, 0.5) is 4.39 Å². The highest BCUT2D eigenvalue weighted by Gasteiger charge is 2.13. The molecule has 1 heterocycles. The summed E-state index contributed by atoms with van der Waals surface area (Å²) in [5.41, 5.74) is 2.00. The Kier molecular flexibility index (Phi) is 3.14. The van der Waals surface area contributed by atoms with Gasteiger partial charge in [0.2, 0.25) is 0 Å². The lowest BCUT2D eigenvalue weighted by atomic mass is 10.2. The first kappa shape index (κ1) is 13.6. The number of aryl methyl sites for hydroxylation is 1. The molecule has 6 heteroatoms. The smallest absolute Gasteiger partial charge is 0.335 e. The maximum absolute atomic E-state index is 13.6. The highest BCUT2D eigenvalue weighted by Crippen LogP contribution is 2.25. The summed E-state index contributed by atoms with van der Waals surface area (Å²) in [6.07, 6.45) is 0. The van der Waals surface area contributed by atoms with Crippen LogP contribution >= 0.6 is 11.6 Å². The average Bonchev–Trinajstić information content (AvgIpc) is 2.76. The second kappa shape index (κ2) is 4.86. The molecule has 0 fully saturated rings. The van der Waals surface area contributed by atoms with Crippen molar-refractivity contribution in [1.82, 2.24) is 9.55 Å². The first-order valence-electron chi connectivity index (χ1n) is 6.15. The minimum Gasteiger partial charge on any atom is -0.478 e. The van der Waals surface area contributed by atoms with Gasteiger partial charge in [-0.1, -0.05) is 11.6 Å². The lowest BCUT2D eigenvalue weighted by molar-refractivity contribution is 0.0697. The number of carbonyl (C=O) groups is 1. The summed E-state index contributed by atoms with van der Waals surface area (Å²) in [6.45, 7) is 1.77. The SMILES string of the molecule is Cc1nc2cc(C(=O)O)ccc2n1-c1ccc(Cl)c(F)c1. The molecule has 3 aromatic rings. The number of hydrogen-bond acceptors (Lipinski definition) is 2. The van der Waals surface area contributed by atoms with Crippen molar-refractivity contribution in [1.29, 1.82) is 0 Å². The predicted octanol–water partition coefficient (Wildman–Crippen LogP) is 3.82. The largest absolute Gasteiger partial charge is 0.478 e. The van der Waals surface area contributed by atoms with Gasteiger partial charge in [-0.3, -0.25) is 4.57 Å². The van der Waals surface area contributed by atoms with Crippen molar-refractivity contribution >= 4 is 28.6 Å². The van der Waals surface area contributed by atoms with Crippen LogP contribution in [-0.2, 0) is 0 Å². The third kappa shape index (κ3) is 2.25. The molecule has 4 nitrogen and oxygen atoms in total. The first-order valence-corrected chi connectivity index (χ1v) is 6.53. The fourth-order valence-electron chi connectivity index (χ4n) is 2.28. The van der Waals surface area contributed by atoms with Crippen LogP contribution in [0.1, 0.15) is 16.2 Å². The summed E-state index contributed by atoms with van der Waals surface area (Å²) in [5.74, 6) is -0.895. The topological polar surface area (TPSA) is 55.1 Å². The zero-order valence-corrected chi connectivity index (χ0v) is 11.7. The average molecular weight is 305 g/mol. The second-order valence-electron chi connectivity index (χ2n) is 4.60. The van der Waals surface area contributed by atoms with Crippen molar-refractivity contribution in [3.8, 4) is 5.69 Å². The van der Waals surface area contributed by atoms with Gasteiger partial charge in [0.25, 0.3) is 0 Å². The molecule has 0 spiro atoms. The normalized spacial score (nSPS) is 11.0. The Hall–Kier alpha value is -2.40. The number of halogens is 2. The summed E-state index contributed by atoms with van der Waals surface area (Å²) in [4.78, 5) is 15.3. The molecule has 0 bridgehead atoms. The molecule has 21 heavy (non-hydrogen) atoms. The van der Waals surface area contributed by atoms with Crippen molar-refractivity contribution in [2.24, 2.45) is 0 Å². The van der Waals surface area contributed by atoms with E-state index in [2.05, 4.69) is 4.98 Å². The Morgan fingerprint density at radius 1 is 1.29 bits per heavy atom. The second-order valence-corrected chi connectivity index (χ2v) is 5.01. The highest BCUT2D eigenvalue weighted by atomic mass is 35.5. The summed E-state index contributed by atoms with van der Waals surface area (Å²) in [7, 11) is 0. The predicted molar refractivity (Wildman–Crippen MR) is 77.7 cm³/mol. The fourth-order valence-corrected chi connectivity index (χ4v) is 2.40. The minimum absolute atomic E-state index is 0.0500. The molecule has 2 aromatic carbocycles. The summed E-state index contributed by atoms with van der Waals surface area (Å²) in [6, 6.07) is 9.13. The molecule has 0 amide bonds. The van der Waals surface area contributed by atoms with Gasteiger partial charge in [0, 0.05) is 0 Å². The van der Waals surface area contributed by atoms with E-state index in [9.17, 15) is 9.18 Å². The van der Waals surface area contributed by atoms with Crippen LogP contribution in [0.2, 0.25) is 5.02 Å². The number of carboxylic acids is 1. The number of hydrogen-bond donors (Lipinski definition) is 1. The maximum Gasteiger partial charge on any atom is 0.335 e. The number of rotatable bonds is 2. The van der Waals surface area contributed by atoms with E-state index in [1.807, 2.05) is 0 Å². The number of carboxylic acid groups (broad SMARTS) is 1. The van der Waals surface area contributed by atoms with E-state index in [0.29, 0.717) is 22.5 Å². The van der Waals surface area contributed by atoms with Gasteiger partial charge in [-0.05, 0) is 43.3 Å². The van der Waals surface area contributed by atoms with Gasteiger partial charge in [0.05, 0.1) is 27.3 Å². The van der Waals surface area contributed by atoms with E-state index in [-0.39, 0.29) is 10.6 Å². The van der Waals surface area contributed by atoms with E-state index in [1.54, 1.807) is 23.6 Å². The molecule has 0 saturated heterocycles. The Labute approximate surface area is 124 Å². The monoisotopic (exact) mass is 304 g/mol. The summed E-state index contributed by atoms with van der Waals surface area (Å²) >= 11 is 5.69. The molecule has 0 aliphatic rings. The molecule has 1 aromatic heterocycles. The Balaban J connectivity index is 2.25. The maximum atomic E-state index is 13.6. The van der Waals surface area contributed by atoms with Crippen molar-refractivity contribution in [3.05, 3.63) is 58.6 Å². The number of aromatic carboxylic acids is 1. The molecule has 0 saturated carbocycles. The Morgan fingerprint density at radius 3 is 2.71 bits per heavy atom. The van der Waals surface area contributed by atoms with Gasteiger partial charge in [0.15, 0.2) is 0 Å². The molecule has 0 aliphatic heterocycles. The molecule has 0 atom stereocenters. The lowest BCUT2D eigenvalue weighted by Gasteiger charge is -2.07. The molecule has 0 aliphatic carbocycles. The number of fused-ring (bicyclic) bond motifs is 1. The van der Waals surface area contributed by atoms with E-state index < -0.39 is 11.8 Å². The zero-order valence-electron chi connectivity index (χ0n) is 11.0. The number of nitrogens with zero attached hydrogens (tertiary/aromatic N) is 2. The third-order valence-corrected chi connectivity index (χ3v) is 3.54. The van der Waals surface area contributed by atoms with E-state index >= 15 is 0 Å². The number of imidazole rings is 1. The fraction of sp³-hybridized carbons (Fsp3) is 0.0667. The van der Waals surface area contributed by atoms with Crippen molar-refractivity contribution in [2.75, 3.05) is 0 Å². The van der Waals surface area contributed by atoms with Crippen LogP contribution in [0.15, 0.2) is 36.4 Å².